The molecule has 3 rings (SSSR count). The van der Waals surface area contributed by atoms with Crippen LogP contribution in [0.15, 0.2) is 6.07 Å². The Bertz CT molecular complexity index is 629. The van der Waals surface area contributed by atoms with Crippen LogP contribution in [0.4, 0.5) is 5.82 Å². The van der Waals surface area contributed by atoms with E-state index in [9.17, 15) is 0 Å². The van der Waals surface area contributed by atoms with Crippen molar-refractivity contribution in [3.63, 3.8) is 0 Å². The van der Waals surface area contributed by atoms with Crippen molar-refractivity contribution < 1.29 is 0 Å². The quantitative estimate of drug-likeness (QED) is 0.795. The Morgan fingerprint density at radius 3 is 3.05 bits per heavy atom. The second kappa shape index (κ2) is 6.71. The predicted molar refractivity (Wildman–Crippen MR) is 95.0 cm³/mol. The number of rotatable bonds is 4. The van der Waals surface area contributed by atoms with Crippen molar-refractivity contribution in [3.8, 4) is 0 Å². The van der Waals surface area contributed by atoms with Gasteiger partial charge in [0.25, 0.3) is 0 Å². The Balaban J connectivity index is 1.87. The van der Waals surface area contributed by atoms with Gasteiger partial charge in [-0.2, -0.15) is 11.8 Å². The van der Waals surface area contributed by atoms with Gasteiger partial charge in [-0.05, 0) is 49.6 Å². The number of nitrogens with one attached hydrogen (secondary N) is 1. The fraction of sp³-hybridized carbons (Fsp3) is 0.600. The van der Waals surface area contributed by atoms with Gasteiger partial charge in [0.2, 0.25) is 5.28 Å². The standard InChI is InChI=1S/C15H20ClN3S2/c1-3-10-8-12-13(18-15(16)19-14(12)21-10)17-9-5-4-6-11(7-9)20-2/h8-9,11H,3-7H2,1-2H3,(H,17,18,19). The zero-order chi connectivity index (χ0) is 14.8. The summed E-state index contributed by atoms with van der Waals surface area (Å²) in [4.78, 5) is 11.1. The number of hydrogen-bond donors (Lipinski definition) is 1. The van der Waals surface area contributed by atoms with Gasteiger partial charge in [0.05, 0.1) is 5.39 Å². The summed E-state index contributed by atoms with van der Waals surface area (Å²) in [6.45, 7) is 2.16. The molecule has 21 heavy (non-hydrogen) atoms. The number of aryl methyl sites for hydroxylation is 1. The highest BCUT2D eigenvalue weighted by atomic mass is 35.5. The number of fused-ring (bicyclic) bond motifs is 1. The summed E-state index contributed by atoms with van der Waals surface area (Å²) in [7, 11) is 0. The van der Waals surface area contributed by atoms with Crippen molar-refractivity contribution in [1.29, 1.82) is 0 Å². The molecule has 2 heterocycles. The summed E-state index contributed by atoms with van der Waals surface area (Å²) >= 11 is 9.78. The normalized spacial score (nSPS) is 22.6. The maximum Gasteiger partial charge on any atom is 0.225 e. The third-order valence-corrected chi connectivity index (χ3v) is 6.50. The van der Waals surface area contributed by atoms with E-state index in [1.807, 2.05) is 11.8 Å². The molecule has 114 valence electrons. The van der Waals surface area contributed by atoms with Crippen LogP contribution < -0.4 is 5.32 Å². The van der Waals surface area contributed by atoms with Crippen molar-refractivity contribution in [2.45, 2.75) is 50.3 Å². The van der Waals surface area contributed by atoms with E-state index in [2.05, 4.69) is 34.5 Å². The van der Waals surface area contributed by atoms with Gasteiger partial charge < -0.3 is 5.32 Å². The molecule has 2 unspecified atom stereocenters. The molecule has 1 aliphatic carbocycles. The Hall–Kier alpha value is -0.520. The molecule has 0 spiro atoms. The van der Waals surface area contributed by atoms with Crippen molar-refractivity contribution in [1.82, 2.24) is 9.97 Å². The highest BCUT2D eigenvalue weighted by Crippen LogP contribution is 2.33. The molecule has 6 heteroatoms. The molecule has 2 aromatic rings. The Morgan fingerprint density at radius 1 is 1.43 bits per heavy atom. The summed E-state index contributed by atoms with van der Waals surface area (Å²) in [5.41, 5.74) is 0. The zero-order valence-electron chi connectivity index (χ0n) is 12.4. The van der Waals surface area contributed by atoms with Crippen LogP contribution in [-0.2, 0) is 6.42 Å². The van der Waals surface area contributed by atoms with E-state index in [1.54, 1.807) is 11.3 Å². The molecule has 0 radical (unpaired) electrons. The van der Waals surface area contributed by atoms with Gasteiger partial charge in [0, 0.05) is 16.2 Å². The van der Waals surface area contributed by atoms with E-state index in [0.29, 0.717) is 11.3 Å². The lowest BCUT2D eigenvalue weighted by Crippen LogP contribution is -2.29. The number of anilines is 1. The highest BCUT2D eigenvalue weighted by Gasteiger charge is 2.22. The number of thiophene rings is 1. The fourth-order valence-corrected chi connectivity index (χ4v) is 4.93. The van der Waals surface area contributed by atoms with Crippen LogP contribution in [-0.4, -0.2) is 27.5 Å². The predicted octanol–water partition coefficient (Wildman–Crippen LogP) is 4.99. The summed E-state index contributed by atoms with van der Waals surface area (Å²) in [5.74, 6) is 0.910. The van der Waals surface area contributed by atoms with E-state index in [4.69, 9.17) is 11.6 Å². The molecule has 2 atom stereocenters. The van der Waals surface area contributed by atoms with Crippen LogP contribution in [0.2, 0.25) is 5.28 Å². The largest absolute Gasteiger partial charge is 0.367 e. The van der Waals surface area contributed by atoms with Crippen molar-refractivity contribution in [2.75, 3.05) is 11.6 Å². The smallest absolute Gasteiger partial charge is 0.225 e. The molecular formula is C15H20ClN3S2. The number of thioether (sulfide) groups is 1. The SMILES string of the molecule is CCc1cc2c(NC3CCCC(SC)C3)nc(Cl)nc2s1. The lowest BCUT2D eigenvalue weighted by molar-refractivity contribution is 0.473. The molecular weight excluding hydrogens is 322 g/mol. The summed E-state index contributed by atoms with van der Waals surface area (Å²) in [5, 5.41) is 5.84. The van der Waals surface area contributed by atoms with E-state index in [1.165, 1.54) is 30.6 Å². The number of halogens is 1. The van der Waals surface area contributed by atoms with Crippen LogP contribution in [0, 0.1) is 0 Å². The van der Waals surface area contributed by atoms with Gasteiger partial charge in [0.15, 0.2) is 0 Å². The number of nitrogens with zero attached hydrogens (tertiary/aromatic N) is 2. The zero-order valence-corrected chi connectivity index (χ0v) is 14.7. The number of aromatic nitrogens is 2. The van der Waals surface area contributed by atoms with Gasteiger partial charge in [-0.1, -0.05) is 13.3 Å². The van der Waals surface area contributed by atoms with Gasteiger partial charge in [-0.25, -0.2) is 9.97 Å². The second-order valence-corrected chi connectivity index (χ2v) is 8.08. The molecule has 1 N–H and O–H groups in total. The summed E-state index contributed by atoms with van der Waals surface area (Å²) in [6.07, 6.45) is 8.27. The lowest BCUT2D eigenvalue weighted by atomic mass is 9.95. The maximum absolute atomic E-state index is 6.09. The van der Waals surface area contributed by atoms with E-state index >= 15 is 0 Å². The van der Waals surface area contributed by atoms with Crippen molar-refractivity contribution in [2.24, 2.45) is 0 Å². The topological polar surface area (TPSA) is 37.8 Å². The van der Waals surface area contributed by atoms with Gasteiger partial charge in [0.1, 0.15) is 10.6 Å². The molecule has 1 aliphatic rings. The minimum Gasteiger partial charge on any atom is -0.367 e. The van der Waals surface area contributed by atoms with Crippen LogP contribution in [0.5, 0.6) is 0 Å². The third kappa shape index (κ3) is 3.46. The summed E-state index contributed by atoms with van der Waals surface area (Å²) < 4.78 is 0. The van der Waals surface area contributed by atoms with E-state index in [-0.39, 0.29) is 0 Å². The molecule has 0 saturated heterocycles. The van der Waals surface area contributed by atoms with Crippen molar-refractivity contribution in [3.05, 3.63) is 16.2 Å². The van der Waals surface area contributed by atoms with Gasteiger partial charge in [-0.3, -0.25) is 0 Å². The molecule has 3 nitrogen and oxygen atoms in total. The fourth-order valence-electron chi connectivity index (χ4n) is 2.91. The maximum atomic E-state index is 6.09. The van der Waals surface area contributed by atoms with E-state index < -0.39 is 0 Å². The van der Waals surface area contributed by atoms with Crippen LogP contribution in [0.3, 0.4) is 0 Å². The average molecular weight is 342 g/mol. The Morgan fingerprint density at radius 2 is 2.29 bits per heavy atom. The Kier molecular flexibility index (Phi) is 4.92. The molecule has 0 amide bonds. The van der Waals surface area contributed by atoms with E-state index in [0.717, 1.165) is 27.7 Å². The molecule has 0 bridgehead atoms. The van der Waals surface area contributed by atoms with Crippen LogP contribution >= 0.6 is 34.7 Å². The first kappa shape index (κ1) is 15.4. The van der Waals surface area contributed by atoms with Crippen LogP contribution in [0.1, 0.15) is 37.5 Å². The minimum absolute atomic E-state index is 0.340. The second-order valence-electron chi connectivity index (χ2n) is 5.49. The molecule has 1 fully saturated rings. The first-order chi connectivity index (χ1) is 10.2. The van der Waals surface area contributed by atoms with Crippen molar-refractivity contribution >= 4 is 50.7 Å². The molecule has 0 aromatic carbocycles. The highest BCUT2D eigenvalue weighted by molar-refractivity contribution is 7.99. The first-order valence-corrected chi connectivity index (χ1v) is 9.93. The average Bonchev–Trinajstić information content (AvgIpc) is 2.90. The molecule has 0 aliphatic heterocycles. The number of hydrogen-bond acceptors (Lipinski definition) is 5. The first-order valence-electron chi connectivity index (χ1n) is 7.45. The lowest BCUT2D eigenvalue weighted by Gasteiger charge is -2.29. The van der Waals surface area contributed by atoms with Gasteiger partial charge in [-0.15, -0.1) is 11.3 Å². The summed E-state index contributed by atoms with van der Waals surface area (Å²) in [6, 6.07) is 2.70. The Labute approximate surface area is 138 Å². The molecule has 1 saturated carbocycles. The monoisotopic (exact) mass is 341 g/mol. The van der Waals surface area contributed by atoms with Gasteiger partial charge >= 0.3 is 0 Å². The third-order valence-electron chi connectivity index (χ3n) is 4.07. The minimum atomic E-state index is 0.340. The molecule has 2 aromatic heterocycles. The van der Waals surface area contributed by atoms with Crippen LogP contribution in [0.25, 0.3) is 10.2 Å².